The van der Waals surface area contributed by atoms with Crippen molar-refractivity contribution in [2.45, 2.75) is 19.8 Å². The Bertz CT molecular complexity index is 432. The summed E-state index contributed by atoms with van der Waals surface area (Å²) in [5.74, 6) is -1.04. The summed E-state index contributed by atoms with van der Waals surface area (Å²) < 4.78 is 0. The number of para-hydroxylation sites is 1. The number of carboxylic acid groups (broad SMARTS) is 1. The van der Waals surface area contributed by atoms with E-state index in [0.29, 0.717) is 12.2 Å². The van der Waals surface area contributed by atoms with Crippen LogP contribution < -0.4 is 10.2 Å². The molecule has 98 valence electrons. The molecule has 2 amide bonds. The zero-order chi connectivity index (χ0) is 13.5. The molecule has 1 aromatic carbocycles. The molecule has 0 aliphatic heterocycles. The van der Waals surface area contributed by atoms with Gasteiger partial charge in [-0.25, -0.2) is 9.59 Å². The highest BCUT2D eigenvalue weighted by Gasteiger charge is 2.16. The number of benzene rings is 1. The van der Waals surface area contributed by atoms with E-state index in [1.807, 2.05) is 6.92 Å². The van der Waals surface area contributed by atoms with Crippen molar-refractivity contribution in [3.05, 3.63) is 29.8 Å². The van der Waals surface area contributed by atoms with Crippen molar-refractivity contribution in [2.75, 3.05) is 18.5 Å². The first-order chi connectivity index (χ1) is 8.57. The number of nitrogens with zero attached hydrogens (tertiary/aromatic N) is 1. The van der Waals surface area contributed by atoms with Crippen LogP contribution >= 0.6 is 0 Å². The highest BCUT2D eigenvalue weighted by molar-refractivity contribution is 6.01. The molecular weight excluding hydrogens is 232 g/mol. The predicted molar refractivity (Wildman–Crippen MR) is 70.1 cm³/mol. The number of carbonyl (C=O) groups excluding carboxylic acids is 1. The fourth-order valence-corrected chi connectivity index (χ4v) is 1.55. The number of unbranched alkanes of at least 4 members (excludes halogenated alkanes) is 1. The number of carboxylic acids is 1. The Morgan fingerprint density at radius 1 is 1.33 bits per heavy atom. The minimum atomic E-state index is -1.04. The van der Waals surface area contributed by atoms with E-state index in [-0.39, 0.29) is 11.6 Å². The van der Waals surface area contributed by atoms with Crippen LogP contribution in [0.25, 0.3) is 0 Å². The lowest BCUT2D eigenvalue weighted by Crippen LogP contribution is -2.38. The van der Waals surface area contributed by atoms with Gasteiger partial charge in [-0.15, -0.1) is 0 Å². The van der Waals surface area contributed by atoms with Crippen molar-refractivity contribution in [2.24, 2.45) is 0 Å². The summed E-state index contributed by atoms with van der Waals surface area (Å²) in [6.07, 6.45) is 1.90. The van der Waals surface area contributed by atoms with E-state index in [4.69, 9.17) is 5.11 Å². The van der Waals surface area contributed by atoms with Gasteiger partial charge in [-0.1, -0.05) is 25.5 Å². The first-order valence-corrected chi connectivity index (χ1v) is 5.91. The smallest absolute Gasteiger partial charge is 0.337 e. The Morgan fingerprint density at radius 3 is 2.61 bits per heavy atom. The molecule has 0 spiro atoms. The molecule has 0 unspecified atom stereocenters. The largest absolute Gasteiger partial charge is 0.478 e. The first kappa shape index (κ1) is 14.0. The summed E-state index contributed by atoms with van der Waals surface area (Å²) in [4.78, 5) is 24.2. The van der Waals surface area contributed by atoms with Crippen LogP contribution in [0.4, 0.5) is 10.5 Å². The molecule has 0 radical (unpaired) electrons. The van der Waals surface area contributed by atoms with Crippen LogP contribution in [0.1, 0.15) is 30.1 Å². The normalized spacial score (nSPS) is 9.89. The van der Waals surface area contributed by atoms with E-state index >= 15 is 0 Å². The van der Waals surface area contributed by atoms with Gasteiger partial charge in [-0.3, -0.25) is 4.90 Å². The zero-order valence-electron chi connectivity index (χ0n) is 10.6. The molecule has 2 N–H and O–H groups in total. The average Bonchev–Trinajstić information content (AvgIpc) is 2.38. The second kappa shape index (κ2) is 6.64. The highest BCUT2D eigenvalue weighted by Crippen LogP contribution is 2.19. The monoisotopic (exact) mass is 250 g/mol. The minimum absolute atomic E-state index is 0.116. The van der Waals surface area contributed by atoms with E-state index in [9.17, 15) is 9.59 Å². The highest BCUT2D eigenvalue weighted by atomic mass is 16.4. The van der Waals surface area contributed by atoms with Gasteiger partial charge in [0.2, 0.25) is 0 Å². The Kier molecular flexibility index (Phi) is 5.17. The van der Waals surface area contributed by atoms with Gasteiger partial charge in [-0.2, -0.15) is 0 Å². The maximum atomic E-state index is 11.8. The maximum Gasteiger partial charge on any atom is 0.337 e. The van der Waals surface area contributed by atoms with Crippen molar-refractivity contribution in [3.8, 4) is 0 Å². The van der Waals surface area contributed by atoms with E-state index in [0.717, 1.165) is 12.8 Å². The number of anilines is 1. The molecule has 0 aliphatic carbocycles. The molecule has 0 aliphatic rings. The second-order valence-corrected chi connectivity index (χ2v) is 3.97. The molecule has 0 aromatic heterocycles. The van der Waals surface area contributed by atoms with Gasteiger partial charge < -0.3 is 10.4 Å². The second-order valence-electron chi connectivity index (χ2n) is 3.97. The van der Waals surface area contributed by atoms with Gasteiger partial charge in [0.1, 0.15) is 0 Å². The lowest BCUT2D eigenvalue weighted by atomic mass is 10.1. The van der Waals surface area contributed by atoms with Gasteiger partial charge in [0.05, 0.1) is 11.3 Å². The number of hydrogen-bond donors (Lipinski definition) is 2. The van der Waals surface area contributed by atoms with Crippen molar-refractivity contribution >= 4 is 17.7 Å². The lowest BCUT2D eigenvalue weighted by molar-refractivity contribution is 0.0697. The van der Waals surface area contributed by atoms with Crippen molar-refractivity contribution in [1.29, 1.82) is 0 Å². The van der Waals surface area contributed by atoms with Crippen molar-refractivity contribution in [1.82, 2.24) is 5.32 Å². The fourth-order valence-electron chi connectivity index (χ4n) is 1.55. The number of aromatic carboxylic acids is 1. The van der Waals surface area contributed by atoms with Crippen molar-refractivity contribution in [3.63, 3.8) is 0 Å². The number of hydrogen-bond acceptors (Lipinski definition) is 2. The first-order valence-electron chi connectivity index (χ1n) is 5.91. The van der Waals surface area contributed by atoms with Gasteiger partial charge in [0.15, 0.2) is 0 Å². The summed E-state index contributed by atoms with van der Waals surface area (Å²) in [5.41, 5.74) is 0.504. The Hall–Kier alpha value is -2.04. The third-order valence-electron chi connectivity index (χ3n) is 2.61. The fraction of sp³-hybridized carbons (Fsp3) is 0.385. The molecule has 0 heterocycles. The molecule has 0 fully saturated rings. The lowest BCUT2D eigenvalue weighted by Gasteiger charge is -2.19. The number of nitrogens with one attached hydrogen (secondary N) is 1. The minimum Gasteiger partial charge on any atom is -0.478 e. The number of urea groups is 1. The topological polar surface area (TPSA) is 69.6 Å². The third kappa shape index (κ3) is 3.48. The molecule has 0 atom stereocenters. The van der Waals surface area contributed by atoms with Crippen LogP contribution in [0.15, 0.2) is 24.3 Å². The number of amides is 2. The van der Waals surface area contributed by atoms with Crippen LogP contribution in [-0.4, -0.2) is 30.7 Å². The molecule has 0 saturated carbocycles. The number of carbonyl (C=O) groups is 2. The van der Waals surface area contributed by atoms with Crippen LogP contribution in [0, 0.1) is 0 Å². The van der Waals surface area contributed by atoms with Gasteiger partial charge in [-0.05, 0) is 18.6 Å². The SMILES string of the molecule is CCCCNC(=O)N(C)c1ccccc1C(=O)O. The summed E-state index contributed by atoms with van der Waals surface area (Å²) >= 11 is 0. The molecule has 5 heteroatoms. The maximum absolute atomic E-state index is 11.8. The van der Waals surface area contributed by atoms with Crippen LogP contribution in [0.2, 0.25) is 0 Å². The standard InChI is InChI=1S/C13H18N2O3/c1-3-4-9-14-13(18)15(2)11-8-6-5-7-10(11)12(16)17/h5-8H,3-4,9H2,1-2H3,(H,14,18)(H,16,17). The average molecular weight is 250 g/mol. The van der Waals surface area contributed by atoms with E-state index in [1.54, 1.807) is 25.2 Å². The van der Waals surface area contributed by atoms with Crippen LogP contribution in [0.3, 0.4) is 0 Å². The molecule has 5 nitrogen and oxygen atoms in total. The summed E-state index contributed by atoms with van der Waals surface area (Å²) in [6, 6.07) is 6.14. The van der Waals surface area contributed by atoms with E-state index < -0.39 is 5.97 Å². The van der Waals surface area contributed by atoms with E-state index in [1.165, 1.54) is 11.0 Å². The zero-order valence-corrected chi connectivity index (χ0v) is 10.6. The molecular formula is C13H18N2O3. The molecule has 1 aromatic rings. The van der Waals surface area contributed by atoms with Crippen molar-refractivity contribution < 1.29 is 14.7 Å². The van der Waals surface area contributed by atoms with Crippen LogP contribution in [0.5, 0.6) is 0 Å². The Balaban J connectivity index is 2.80. The molecule has 0 bridgehead atoms. The Morgan fingerprint density at radius 2 is 2.00 bits per heavy atom. The molecule has 1 rings (SSSR count). The Labute approximate surface area is 106 Å². The van der Waals surface area contributed by atoms with Crippen LogP contribution in [-0.2, 0) is 0 Å². The third-order valence-corrected chi connectivity index (χ3v) is 2.61. The molecule has 18 heavy (non-hydrogen) atoms. The van der Waals surface area contributed by atoms with E-state index in [2.05, 4.69) is 5.32 Å². The van der Waals surface area contributed by atoms with Gasteiger partial charge in [0, 0.05) is 13.6 Å². The summed E-state index contributed by atoms with van der Waals surface area (Å²) in [5, 5.41) is 11.8. The van der Waals surface area contributed by atoms with Gasteiger partial charge in [0.25, 0.3) is 0 Å². The molecule has 0 saturated heterocycles. The predicted octanol–water partition coefficient (Wildman–Crippen LogP) is 2.33. The summed E-state index contributed by atoms with van der Waals surface area (Å²) in [6.45, 7) is 2.63. The summed E-state index contributed by atoms with van der Waals surface area (Å²) in [7, 11) is 1.56. The van der Waals surface area contributed by atoms with Gasteiger partial charge >= 0.3 is 12.0 Å². The number of rotatable bonds is 5. The quantitative estimate of drug-likeness (QED) is 0.788.